The summed E-state index contributed by atoms with van der Waals surface area (Å²) in [5.74, 6) is -0.252. The molecule has 1 unspecified atom stereocenters. The third-order valence-electron chi connectivity index (χ3n) is 2.51. The Kier molecular flexibility index (Phi) is 3.97. The van der Waals surface area contributed by atoms with Gasteiger partial charge in [0.1, 0.15) is 11.4 Å². The number of carbonyl (C=O) groups is 1. The highest BCUT2D eigenvalue weighted by atomic mass is 19.1. The lowest BCUT2D eigenvalue weighted by Gasteiger charge is -2.20. The molecule has 0 amide bonds. The van der Waals surface area contributed by atoms with Crippen molar-refractivity contribution in [2.45, 2.75) is 25.4 Å². The van der Waals surface area contributed by atoms with Crippen molar-refractivity contribution in [1.29, 1.82) is 0 Å². The summed E-state index contributed by atoms with van der Waals surface area (Å²) in [5, 5.41) is 0. The lowest BCUT2D eigenvalue weighted by atomic mass is 9.98. The zero-order valence-corrected chi connectivity index (χ0v) is 9.00. The summed E-state index contributed by atoms with van der Waals surface area (Å²) in [6.45, 7) is 1.72. The van der Waals surface area contributed by atoms with Crippen molar-refractivity contribution in [3.8, 4) is 0 Å². The number of aldehydes is 1. The van der Waals surface area contributed by atoms with Crippen LogP contribution in [0.25, 0.3) is 0 Å². The van der Waals surface area contributed by atoms with Gasteiger partial charge in [-0.2, -0.15) is 0 Å². The van der Waals surface area contributed by atoms with Crippen LogP contribution in [0.1, 0.15) is 18.9 Å². The molecule has 82 valence electrons. The molecular weight excluding hydrogens is 195 g/mol. The number of aryl methyl sites for hydroxylation is 1. The van der Waals surface area contributed by atoms with E-state index in [1.165, 1.54) is 19.2 Å². The van der Waals surface area contributed by atoms with E-state index < -0.39 is 5.60 Å². The quantitative estimate of drug-likeness (QED) is 0.697. The Bertz CT molecular complexity index is 338. The molecule has 0 aliphatic heterocycles. The van der Waals surface area contributed by atoms with Gasteiger partial charge in [-0.05, 0) is 37.5 Å². The molecule has 15 heavy (non-hydrogen) atoms. The first kappa shape index (κ1) is 11.9. The molecule has 3 heteroatoms. The van der Waals surface area contributed by atoms with Gasteiger partial charge in [-0.1, -0.05) is 12.1 Å². The zero-order chi connectivity index (χ0) is 11.3. The normalized spacial score (nSPS) is 14.6. The van der Waals surface area contributed by atoms with E-state index in [2.05, 4.69) is 0 Å². The van der Waals surface area contributed by atoms with Crippen LogP contribution in [0, 0.1) is 5.82 Å². The molecular formula is C12H15FO2. The fourth-order valence-corrected chi connectivity index (χ4v) is 1.29. The van der Waals surface area contributed by atoms with Gasteiger partial charge < -0.3 is 9.53 Å². The lowest BCUT2D eigenvalue weighted by molar-refractivity contribution is -0.126. The molecule has 0 N–H and O–H groups in total. The molecule has 0 aliphatic rings. The van der Waals surface area contributed by atoms with E-state index >= 15 is 0 Å². The van der Waals surface area contributed by atoms with Crippen molar-refractivity contribution in [2.75, 3.05) is 7.11 Å². The standard InChI is InChI=1S/C12H15FO2/c1-12(9-14,15-2)7-6-10-4-3-5-11(13)8-10/h3-5,8-9H,6-7H2,1-2H3. The monoisotopic (exact) mass is 210 g/mol. The number of halogens is 1. The maximum absolute atomic E-state index is 12.9. The average molecular weight is 210 g/mol. The van der Waals surface area contributed by atoms with Crippen LogP contribution in [0.5, 0.6) is 0 Å². The van der Waals surface area contributed by atoms with Crippen LogP contribution in [0.15, 0.2) is 24.3 Å². The number of methoxy groups -OCH3 is 1. The topological polar surface area (TPSA) is 26.3 Å². The largest absolute Gasteiger partial charge is 0.371 e. The van der Waals surface area contributed by atoms with Crippen LogP contribution in [-0.2, 0) is 16.0 Å². The number of carbonyl (C=O) groups excluding carboxylic acids is 1. The maximum atomic E-state index is 12.9. The van der Waals surface area contributed by atoms with Crippen LogP contribution in [0.2, 0.25) is 0 Å². The molecule has 1 atom stereocenters. The van der Waals surface area contributed by atoms with Gasteiger partial charge in [0.2, 0.25) is 0 Å². The minimum absolute atomic E-state index is 0.252. The summed E-state index contributed by atoms with van der Waals surface area (Å²) >= 11 is 0. The predicted molar refractivity (Wildman–Crippen MR) is 56.2 cm³/mol. The highest BCUT2D eigenvalue weighted by molar-refractivity contribution is 5.61. The minimum Gasteiger partial charge on any atom is -0.371 e. The van der Waals surface area contributed by atoms with Crippen LogP contribution in [0.3, 0.4) is 0 Å². The summed E-state index contributed by atoms with van der Waals surface area (Å²) in [4.78, 5) is 10.7. The van der Waals surface area contributed by atoms with E-state index in [1.54, 1.807) is 13.0 Å². The second kappa shape index (κ2) is 5.03. The molecule has 0 aromatic heterocycles. The van der Waals surface area contributed by atoms with E-state index in [9.17, 15) is 9.18 Å². The molecule has 0 fully saturated rings. The number of hydrogen-bond donors (Lipinski definition) is 0. The average Bonchev–Trinajstić information content (AvgIpc) is 2.26. The maximum Gasteiger partial charge on any atom is 0.151 e. The van der Waals surface area contributed by atoms with Gasteiger partial charge in [-0.25, -0.2) is 4.39 Å². The van der Waals surface area contributed by atoms with E-state index in [-0.39, 0.29) is 5.82 Å². The molecule has 0 bridgehead atoms. The third kappa shape index (κ3) is 3.44. The number of rotatable bonds is 5. The van der Waals surface area contributed by atoms with Crippen molar-refractivity contribution in [1.82, 2.24) is 0 Å². The van der Waals surface area contributed by atoms with Crippen molar-refractivity contribution >= 4 is 6.29 Å². The molecule has 0 heterocycles. The molecule has 1 rings (SSSR count). The Morgan fingerprint density at radius 3 is 2.80 bits per heavy atom. The molecule has 0 spiro atoms. The Morgan fingerprint density at radius 2 is 2.27 bits per heavy atom. The van der Waals surface area contributed by atoms with Crippen molar-refractivity contribution in [3.05, 3.63) is 35.6 Å². The minimum atomic E-state index is -0.772. The Hall–Kier alpha value is -1.22. The van der Waals surface area contributed by atoms with Crippen molar-refractivity contribution < 1.29 is 13.9 Å². The Labute approximate surface area is 89.1 Å². The van der Waals surface area contributed by atoms with Crippen LogP contribution >= 0.6 is 0 Å². The summed E-state index contributed by atoms with van der Waals surface area (Å²) in [6.07, 6.45) is 1.96. The van der Waals surface area contributed by atoms with E-state index in [4.69, 9.17) is 4.74 Å². The summed E-state index contributed by atoms with van der Waals surface area (Å²) in [6, 6.07) is 6.37. The second-order valence-electron chi connectivity index (χ2n) is 3.76. The van der Waals surface area contributed by atoms with E-state index in [0.29, 0.717) is 12.8 Å². The van der Waals surface area contributed by atoms with Gasteiger partial charge in [-0.3, -0.25) is 0 Å². The van der Waals surface area contributed by atoms with E-state index in [0.717, 1.165) is 11.8 Å². The van der Waals surface area contributed by atoms with Crippen molar-refractivity contribution in [3.63, 3.8) is 0 Å². The molecule has 0 saturated carbocycles. The number of ether oxygens (including phenoxy) is 1. The Morgan fingerprint density at radius 1 is 1.53 bits per heavy atom. The lowest BCUT2D eigenvalue weighted by Crippen LogP contribution is -2.29. The van der Waals surface area contributed by atoms with Gasteiger partial charge in [0.15, 0.2) is 6.29 Å². The highest BCUT2D eigenvalue weighted by Crippen LogP contribution is 2.15. The smallest absolute Gasteiger partial charge is 0.151 e. The first-order valence-electron chi connectivity index (χ1n) is 4.85. The third-order valence-corrected chi connectivity index (χ3v) is 2.51. The van der Waals surface area contributed by atoms with Gasteiger partial charge in [-0.15, -0.1) is 0 Å². The number of benzene rings is 1. The highest BCUT2D eigenvalue weighted by Gasteiger charge is 2.21. The van der Waals surface area contributed by atoms with Gasteiger partial charge in [0.25, 0.3) is 0 Å². The molecule has 0 aliphatic carbocycles. The van der Waals surface area contributed by atoms with Gasteiger partial charge in [0.05, 0.1) is 0 Å². The second-order valence-corrected chi connectivity index (χ2v) is 3.76. The predicted octanol–water partition coefficient (Wildman–Crippen LogP) is 2.36. The van der Waals surface area contributed by atoms with Crippen molar-refractivity contribution in [2.24, 2.45) is 0 Å². The fraction of sp³-hybridized carbons (Fsp3) is 0.417. The first-order chi connectivity index (χ1) is 7.09. The summed E-state index contributed by atoms with van der Waals surface area (Å²) in [7, 11) is 1.50. The van der Waals surface area contributed by atoms with Crippen LogP contribution in [-0.4, -0.2) is 19.0 Å². The van der Waals surface area contributed by atoms with E-state index in [1.807, 2.05) is 6.07 Å². The summed E-state index contributed by atoms with van der Waals surface area (Å²) in [5.41, 5.74) is 0.104. The SMILES string of the molecule is COC(C)(C=O)CCc1cccc(F)c1. The van der Waals surface area contributed by atoms with Crippen LogP contribution in [0.4, 0.5) is 4.39 Å². The molecule has 0 saturated heterocycles. The number of hydrogen-bond acceptors (Lipinski definition) is 2. The molecule has 0 radical (unpaired) electrons. The summed E-state index contributed by atoms with van der Waals surface area (Å²) < 4.78 is 17.9. The molecule has 1 aromatic carbocycles. The molecule has 2 nitrogen and oxygen atoms in total. The zero-order valence-electron chi connectivity index (χ0n) is 9.00. The Balaban J connectivity index is 2.60. The fourth-order valence-electron chi connectivity index (χ4n) is 1.29. The van der Waals surface area contributed by atoms with Gasteiger partial charge >= 0.3 is 0 Å². The molecule has 1 aromatic rings. The first-order valence-corrected chi connectivity index (χ1v) is 4.85. The van der Waals surface area contributed by atoms with Gasteiger partial charge in [0, 0.05) is 7.11 Å². The van der Waals surface area contributed by atoms with Crippen LogP contribution < -0.4 is 0 Å².